The van der Waals surface area contributed by atoms with Crippen LogP contribution >= 0.6 is 0 Å². The molecular weight excluding hydrogens is 258 g/mol. The summed E-state index contributed by atoms with van der Waals surface area (Å²) in [4.78, 5) is 23.8. The summed E-state index contributed by atoms with van der Waals surface area (Å²) in [5.74, 6) is 0.0978. The Hall–Kier alpha value is -2.04. The highest BCUT2D eigenvalue weighted by Crippen LogP contribution is 2.25. The molecule has 1 heterocycles. The SMILES string of the molecule is O=C(O)CCCCOc1cccc(N2CCCC2=O)c1. The second-order valence-electron chi connectivity index (χ2n) is 4.85. The van der Waals surface area contributed by atoms with Gasteiger partial charge in [0.25, 0.3) is 0 Å². The monoisotopic (exact) mass is 277 g/mol. The zero-order valence-corrected chi connectivity index (χ0v) is 11.4. The molecule has 20 heavy (non-hydrogen) atoms. The Kier molecular flexibility index (Phi) is 4.98. The van der Waals surface area contributed by atoms with Crippen LogP contribution in [0.4, 0.5) is 5.69 Å². The quantitative estimate of drug-likeness (QED) is 0.777. The number of carbonyl (C=O) groups excluding carboxylic acids is 1. The molecule has 1 amide bonds. The molecule has 5 nitrogen and oxygen atoms in total. The van der Waals surface area contributed by atoms with Crippen LogP contribution in [0.2, 0.25) is 0 Å². The number of aliphatic carboxylic acids is 1. The highest BCUT2D eigenvalue weighted by molar-refractivity contribution is 5.95. The summed E-state index contributed by atoms with van der Waals surface area (Å²) in [5.41, 5.74) is 0.871. The standard InChI is InChI=1S/C15H19NO4/c17-14-7-4-9-16(14)12-5-3-6-13(11-12)20-10-2-1-8-15(18)19/h3,5-6,11H,1-2,4,7-10H2,(H,18,19). The molecule has 108 valence electrons. The number of hydrogen-bond acceptors (Lipinski definition) is 3. The van der Waals surface area contributed by atoms with Crippen LogP contribution in [-0.4, -0.2) is 30.1 Å². The van der Waals surface area contributed by atoms with Gasteiger partial charge in [0.15, 0.2) is 0 Å². The van der Waals surface area contributed by atoms with Crippen LogP contribution in [0.25, 0.3) is 0 Å². The van der Waals surface area contributed by atoms with E-state index in [-0.39, 0.29) is 12.3 Å². The van der Waals surface area contributed by atoms with Crippen molar-refractivity contribution >= 4 is 17.6 Å². The molecule has 0 radical (unpaired) electrons. The van der Waals surface area contributed by atoms with Crippen molar-refractivity contribution in [2.24, 2.45) is 0 Å². The zero-order chi connectivity index (χ0) is 14.4. The zero-order valence-electron chi connectivity index (χ0n) is 11.4. The largest absolute Gasteiger partial charge is 0.494 e. The summed E-state index contributed by atoms with van der Waals surface area (Å²) in [6.45, 7) is 1.26. The number of anilines is 1. The van der Waals surface area contributed by atoms with E-state index in [4.69, 9.17) is 9.84 Å². The first-order chi connectivity index (χ1) is 9.66. The topological polar surface area (TPSA) is 66.8 Å². The van der Waals surface area contributed by atoms with Gasteiger partial charge in [0.1, 0.15) is 5.75 Å². The molecule has 0 atom stereocenters. The summed E-state index contributed by atoms with van der Waals surface area (Å²) in [7, 11) is 0. The lowest BCUT2D eigenvalue weighted by Gasteiger charge is -2.16. The number of carbonyl (C=O) groups is 2. The molecule has 0 saturated carbocycles. The summed E-state index contributed by atoms with van der Waals surface area (Å²) in [6, 6.07) is 7.48. The molecule has 0 unspecified atom stereocenters. The summed E-state index contributed by atoms with van der Waals surface area (Å²) >= 11 is 0. The van der Waals surface area contributed by atoms with Crippen molar-refractivity contribution in [2.75, 3.05) is 18.1 Å². The molecular formula is C15H19NO4. The maximum absolute atomic E-state index is 11.7. The number of carboxylic acids is 1. The third kappa shape index (κ3) is 3.98. The van der Waals surface area contributed by atoms with Gasteiger partial charge in [-0.25, -0.2) is 0 Å². The number of nitrogens with zero attached hydrogens (tertiary/aromatic N) is 1. The normalized spacial score (nSPS) is 14.6. The van der Waals surface area contributed by atoms with Gasteiger partial charge in [-0.2, -0.15) is 0 Å². The molecule has 1 saturated heterocycles. The fourth-order valence-corrected chi connectivity index (χ4v) is 2.23. The fraction of sp³-hybridized carbons (Fsp3) is 0.467. The first-order valence-electron chi connectivity index (χ1n) is 6.92. The smallest absolute Gasteiger partial charge is 0.303 e. The van der Waals surface area contributed by atoms with Crippen LogP contribution in [0.5, 0.6) is 5.75 Å². The van der Waals surface area contributed by atoms with E-state index < -0.39 is 5.97 Å². The highest BCUT2D eigenvalue weighted by atomic mass is 16.5. The molecule has 1 aromatic carbocycles. The third-order valence-corrected chi connectivity index (χ3v) is 3.26. The summed E-state index contributed by atoms with van der Waals surface area (Å²) < 4.78 is 5.59. The van der Waals surface area contributed by atoms with E-state index in [1.807, 2.05) is 24.3 Å². The number of benzene rings is 1. The second kappa shape index (κ2) is 6.93. The minimum atomic E-state index is -0.778. The van der Waals surface area contributed by atoms with Gasteiger partial charge in [-0.05, 0) is 31.4 Å². The number of ether oxygens (including phenoxy) is 1. The maximum Gasteiger partial charge on any atom is 0.303 e. The lowest BCUT2D eigenvalue weighted by Crippen LogP contribution is -2.23. The van der Waals surface area contributed by atoms with Crippen LogP contribution in [0.15, 0.2) is 24.3 Å². The van der Waals surface area contributed by atoms with E-state index in [0.717, 1.165) is 24.4 Å². The molecule has 1 aliphatic heterocycles. The van der Waals surface area contributed by atoms with Gasteiger partial charge < -0.3 is 14.7 Å². The van der Waals surface area contributed by atoms with E-state index in [1.165, 1.54) is 0 Å². The van der Waals surface area contributed by atoms with Crippen molar-refractivity contribution in [3.05, 3.63) is 24.3 Å². The van der Waals surface area contributed by atoms with Gasteiger partial charge >= 0.3 is 5.97 Å². The minimum Gasteiger partial charge on any atom is -0.494 e. The average molecular weight is 277 g/mol. The van der Waals surface area contributed by atoms with E-state index in [1.54, 1.807) is 4.90 Å². The van der Waals surface area contributed by atoms with Gasteiger partial charge in [0.2, 0.25) is 5.91 Å². The number of amides is 1. The Balaban J connectivity index is 1.83. The molecule has 1 aromatic rings. The Morgan fingerprint density at radius 3 is 2.90 bits per heavy atom. The first-order valence-corrected chi connectivity index (χ1v) is 6.92. The van der Waals surface area contributed by atoms with Crippen LogP contribution in [-0.2, 0) is 9.59 Å². The number of rotatable bonds is 7. The predicted molar refractivity (Wildman–Crippen MR) is 75.0 cm³/mol. The number of unbranched alkanes of at least 4 members (excludes halogenated alkanes) is 1. The lowest BCUT2D eigenvalue weighted by molar-refractivity contribution is -0.137. The van der Waals surface area contributed by atoms with E-state index in [9.17, 15) is 9.59 Å². The number of carboxylic acid groups (broad SMARTS) is 1. The predicted octanol–water partition coefficient (Wildman–Crippen LogP) is 2.45. The van der Waals surface area contributed by atoms with Gasteiger partial charge in [-0.3, -0.25) is 9.59 Å². The molecule has 1 N–H and O–H groups in total. The third-order valence-electron chi connectivity index (χ3n) is 3.26. The van der Waals surface area contributed by atoms with Gasteiger partial charge in [-0.15, -0.1) is 0 Å². The van der Waals surface area contributed by atoms with E-state index >= 15 is 0 Å². The fourth-order valence-electron chi connectivity index (χ4n) is 2.23. The van der Waals surface area contributed by atoms with Gasteiger partial charge in [0, 0.05) is 31.1 Å². The Labute approximate surface area is 118 Å². The van der Waals surface area contributed by atoms with Crippen molar-refractivity contribution in [1.82, 2.24) is 0 Å². The summed E-state index contributed by atoms with van der Waals surface area (Å²) in [5, 5.41) is 8.53. The maximum atomic E-state index is 11.7. The molecule has 2 rings (SSSR count). The second-order valence-corrected chi connectivity index (χ2v) is 4.85. The van der Waals surface area contributed by atoms with Crippen LogP contribution in [0.3, 0.4) is 0 Å². The Bertz CT molecular complexity index is 487. The van der Waals surface area contributed by atoms with Crippen molar-refractivity contribution < 1.29 is 19.4 Å². The van der Waals surface area contributed by atoms with E-state index in [2.05, 4.69) is 0 Å². The van der Waals surface area contributed by atoms with Crippen LogP contribution in [0, 0.1) is 0 Å². The van der Waals surface area contributed by atoms with E-state index in [0.29, 0.717) is 25.9 Å². The highest BCUT2D eigenvalue weighted by Gasteiger charge is 2.21. The van der Waals surface area contributed by atoms with Crippen molar-refractivity contribution in [1.29, 1.82) is 0 Å². The van der Waals surface area contributed by atoms with Gasteiger partial charge in [-0.1, -0.05) is 6.07 Å². The van der Waals surface area contributed by atoms with Crippen molar-refractivity contribution in [3.63, 3.8) is 0 Å². The average Bonchev–Trinajstić information content (AvgIpc) is 2.85. The van der Waals surface area contributed by atoms with Crippen molar-refractivity contribution in [3.8, 4) is 5.75 Å². The van der Waals surface area contributed by atoms with Gasteiger partial charge in [0.05, 0.1) is 6.61 Å². The molecule has 0 aromatic heterocycles. The van der Waals surface area contributed by atoms with Crippen LogP contribution < -0.4 is 9.64 Å². The molecule has 0 spiro atoms. The van der Waals surface area contributed by atoms with Crippen LogP contribution in [0.1, 0.15) is 32.1 Å². The first kappa shape index (κ1) is 14.4. The number of hydrogen-bond donors (Lipinski definition) is 1. The summed E-state index contributed by atoms with van der Waals surface area (Å²) in [6.07, 6.45) is 3.00. The lowest BCUT2D eigenvalue weighted by atomic mass is 10.2. The van der Waals surface area contributed by atoms with Crippen molar-refractivity contribution in [2.45, 2.75) is 32.1 Å². The molecule has 1 fully saturated rings. The molecule has 0 bridgehead atoms. The minimum absolute atomic E-state index is 0.156. The molecule has 0 aliphatic carbocycles. The molecule has 1 aliphatic rings. The Morgan fingerprint density at radius 1 is 1.35 bits per heavy atom. The molecule has 5 heteroatoms. The Morgan fingerprint density at radius 2 is 2.20 bits per heavy atom.